The molecule has 0 spiro atoms. The first kappa shape index (κ1) is 23.7. The van der Waals surface area contributed by atoms with E-state index in [1.807, 2.05) is 42.1 Å². The first-order valence-corrected chi connectivity index (χ1v) is 11.0. The summed E-state index contributed by atoms with van der Waals surface area (Å²) in [6.07, 6.45) is 0.915. The minimum atomic E-state index is 0. The normalized spacial score (nSPS) is 14.1. The number of nitrogens with zero attached hydrogens (tertiary/aromatic N) is 2. The van der Waals surface area contributed by atoms with E-state index in [0.29, 0.717) is 6.61 Å². The number of benzene rings is 2. The average molecular weight is 526 g/mol. The number of thioether (sulfide) groups is 1. The van der Waals surface area contributed by atoms with Crippen LogP contribution >= 0.6 is 35.7 Å². The van der Waals surface area contributed by atoms with Gasteiger partial charge in [-0.1, -0.05) is 30.3 Å². The van der Waals surface area contributed by atoms with Gasteiger partial charge in [0.05, 0.1) is 6.61 Å². The monoisotopic (exact) mass is 526 g/mol. The van der Waals surface area contributed by atoms with Gasteiger partial charge in [-0.25, -0.2) is 0 Å². The third-order valence-corrected chi connectivity index (χ3v) is 5.56. The molecule has 3 rings (SSSR count). The van der Waals surface area contributed by atoms with Crippen molar-refractivity contribution in [3.8, 4) is 5.75 Å². The molecule has 1 saturated heterocycles. The summed E-state index contributed by atoms with van der Waals surface area (Å²) in [5.74, 6) is 4.18. The topological polar surface area (TPSA) is 48.9 Å². The second kappa shape index (κ2) is 13.6. The van der Waals surface area contributed by atoms with E-state index in [-0.39, 0.29) is 24.0 Å². The third kappa shape index (κ3) is 8.34. The van der Waals surface area contributed by atoms with Gasteiger partial charge in [-0.15, -0.1) is 24.0 Å². The first-order valence-electron chi connectivity index (χ1n) is 9.89. The van der Waals surface area contributed by atoms with Crippen LogP contribution in [0.2, 0.25) is 0 Å². The number of halogens is 1. The second-order valence-corrected chi connectivity index (χ2v) is 7.86. The highest BCUT2D eigenvalue weighted by atomic mass is 127. The summed E-state index contributed by atoms with van der Waals surface area (Å²) in [5.41, 5.74) is 2.58. The molecule has 158 valence electrons. The lowest BCUT2D eigenvalue weighted by molar-refractivity contribution is 0.311. The molecule has 0 amide bonds. The van der Waals surface area contributed by atoms with Crippen LogP contribution < -0.4 is 20.3 Å². The average Bonchev–Trinajstić information content (AvgIpc) is 2.77. The molecular formula is C22H31IN4OS. The molecule has 0 atom stereocenters. The number of ether oxygens (including phenoxy) is 1. The molecular weight excluding hydrogens is 495 g/mol. The SMILES string of the molecule is CN=C(NCCCOc1ccccc1)NCc1ccc(N2CCSCC2)cc1.I. The van der Waals surface area contributed by atoms with Gasteiger partial charge in [-0.3, -0.25) is 4.99 Å². The lowest BCUT2D eigenvalue weighted by Gasteiger charge is -2.28. The largest absolute Gasteiger partial charge is 0.494 e. The van der Waals surface area contributed by atoms with Crippen molar-refractivity contribution in [3.05, 3.63) is 60.2 Å². The lowest BCUT2D eigenvalue weighted by Crippen LogP contribution is -2.37. The summed E-state index contributed by atoms with van der Waals surface area (Å²) in [4.78, 5) is 6.76. The van der Waals surface area contributed by atoms with Gasteiger partial charge in [0, 0.05) is 50.4 Å². The molecule has 29 heavy (non-hydrogen) atoms. The van der Waals surface area contributed by atoms with E-state index in [1.54, 1.807) is 7.05 Å². The Morgan fingerprint density at radius 1 is 1.03 bits per heavy atom. The van der Waals surface area contributed by atoms with Crippen molar-refractivity contribution in [1.29, 1.82) is 0 Å². The number of nitrogens with one attached hydrogen (secondary N) is 2. The zero-order chi connectivity index (χ0) is 19.4. The zero-order valence-electron chi connectivity index (χ0n) is 17.0. The molecule has 1 aliphatic rings. The molecule has 7 heteroatoms. The van der Waals surface area contributed by atoms with Crippen LogP contribution in [0, 0.1) is 0 Å². The quantitative estimate of drug-likeness (QED) is 0.236. The Kier molecular flexibility index (Phi) is 11.1. The molecule has 0 radical (unpaired) electrons. The Morgan fingerprint density at radius 3 is 2.45 bits per heavy atom. The maximum atomic E-state index is 5.71. The van der Waals surface area contributed by atoms with Crippen LogP contribution in [-0.4, -0.2) is 50.8 Å². The Bertz CT molecular complexity index is 721. The van der Waals surface area contributed by atoms with Crippen LogP contribution in [0.1, 0.15) is 12.0 Å². The van der Waals surface area contributed by atoms with Gasteiger partial charge in [0.25, 0.3) is 0 Å². The van der Waals surface area contributed by atoms with E-state index in [9.17, 15) is 0 Å². The lowest BCUT2D eigenvalue weighted by atomic mass is 10.2. The summed E-state index contributed by atoms with van der Waals surface area (Å²) in [7, 11) is 1.80. The van der Waals surface area contributed by atoms with Crippen LogP contribution in [-0.2, 0) is 6.54 Å². The van der Waals surface area contributed by atoms with E-state index >= 15 is 0 Å². The van der Waals surface area contributed by atoms with Crippen LogP contribution in [0.4, 0.5) is 5.69 Å². The predicted octanol–water partition coefficient (Wildman–Crippen LogP) is 3.99. The van der Waals surface area contributed by atoms with E-state index < -0.39 is 0 Å². The predicted molar refractivity (Wildman–Crippen MR) is 136 cm³/mol. The highest BCUT2D eigenvalue weighted by molar-refractivity contribution is 14.0. The Hall–Kier alpha value is -1.61. The molecule has 2 N–H and O–H groups in total. The molecule has 0 saturated carbocycles. The number of rotatable bonds is 8. The number of anilines is 1. The molecule has 1 aliphatic heterocycles. The molecule has 0 unspecified atom stereocenters. The van der Waals surface area contributed by atoms with Crippen molar-refractivity contribution in [2.75, 3.05) is 49.7 Å². The van der Waals surface area contributed by atoms with Crippen LogP contribution in [0.5, 0.6) is 5.75 Å². The summed E-state index contributed by atoms with van der Waals surface area (Å²) in [5, 5.41) is 6.71. The second-order valence-electron chi connectivity index (χ2n) is 6.63. The summed E-state index contributed by atoms with van der Waals surface area (Å²) < 4.78 is 5.71. The van der Waals surface area contributed by atoms with Gasteiger partial charge < -0.3 is 20.3 Å². The standard InChI is InChI=1S/C22H30N4OS.HI/c1-23-22(24-12-5-15-27-21-6-3-2-4-7-21)25-18-19-8-10-20(11-9-19)26-13-16-28-17-14-26;/h2-4,6-11H,5,12-18H2,1H3,(H2,23,24,25);1H. The molecule has 0 bridgehead atoms. The van der Waals surface area contributed by atoms with Crippen LogP contribution in [0.3, 0.4) is 0 Å². The minimum absolute atomic E-state index is 0. The molecule has 2 aromatic rings. The van der Waals surface area contributed by atoms with Crippen molar-refractivity contribution in [1.82, 2.24) is 10.6 Å². The highest BCUT2D eigenvalue weighted by Crippen LogP contribution is 2.19. The van der Waals surface area contributed by atoms with Crippen molar-refractivity contribution in [2.45, 2.75) is 13.0 Å². The number of hydrogen-bond donors (Lipinski definition) is 2. The number of aliphatic imine (C=N–C) groups is 1. The van der Waals surface area contributed by atoms with Crippen molar-refractivity contribution in [2.24, 2.45) is 4.99 Å². The zero-order valence-corrected chi connectivity index (χ0v) is 20.1. The molecule has 5 nitrogen and oxygen atoms in total. The molecule has 0 aliphatic carbocycles. The maximum Gasteiger partial charge on any atom is 0.191 e. The summed E-state index contributed by atoms with van der Waals surface area (Å²) in [6.45, 7) is 4.55. The van der Waals surface area contributed by atoms with E-state index in [1.165, 1.54) is 22.8 Å². The van der Waals surface area contributed by atoms with Gasteiger partial charge in [0.2, 0.25) is 0 Å². The van der Waals surface area contributed by atoms with Gasteiger partial charge in [0.1, 0.15) is 5.75 Å². The van der Waals surface area contributed by atoms with E-state index in [4.69, 9.17) is 4.74 Å². The summed E-state index contributed by atoms with van der Waals surface area (Å²) in [6, 6.07) is 18.8. The molecule has 1 fully saturated rings. The van der Waals surface area contributed by atoms with Crippen LogP contribution in [0.15, 0.2) is 59.6 Å². The smallest absolute Gasteiger partial charge is 0.191 e. The molecule has 1 heterocycles. The number of guanidine groups is 1. The van der Waals surface area contributed by atoms with E-state index in [2.05, 4.69) is 44.8 Å². The third-order valence-electron chi connectivity index (χ3n) is 4.62. The Labute approximate surface area is 195 Å². The minimum Gasteiger partial charge on any atom is -0.494 e. The number of hydrogen-bond acceptors (Lipinski definition) is 4. The highest BCUT2D eigenvalue weighted by Gasteiger charge is 2.10. The molecule has 2 aromatic carbocycles. The summed E-state index contributed by atoms with van der Waals surface area (Å²) >= 11 is 2.04. The van der Waals surface area contributed by atoms with Gasteiger partial charge >= 0.3 is 0 Å². The van der Waals surface area contributed by atoms with Crippen molar-refractivity contribution in [3.63, 3.8) is 0 Å². The van der Waals surface area contributed by atoms with Crippen LogP contribution in [0.25, 0.3) is 0 Å². The molecule has 0 aromatic heterocycles. The van der Waals surface area contributed by atoms with E-state index in [0.717, 1.165) is 44.3 Å². The van der Waals surface area contributed by atoms with Gasteiger partial charge in [-0.2, -0.15) is 11.8 Å². The number of para-hydroxylation sites is 1. The van der Waals surface area contributed by atoms with Gasteiger partial charge in [0.15, 0.2) is 5.96 Å². The fourth-order valence-electron chi connectivity index (χ4n) is 3.04. The van der Waals surface area contributed by atoms with Crippen molar-refractivity contribution >= 4 is 47.4 Å². The first-order chi connectivity index (χ1) is 13.8. The Morgan fingerprint density at radius 2 is 1.76 bits per heavy atom. The Balaban J connectivity index is 0.00000300. The fourth-order valence-corrected chi connectivity index (χ4v) is 3.94. The van der Waals surface area contributed by atoms with Gasteiger partial charge in [-0.05, 0) is 36.2 Å². The fraction of sp³-hybridized carbons (Fsp3) is 0.409. The maximum absolute atomic E-state index is 5.71. The van der Waals surface area contributed by atoms with Crippen molar-refractivity contribution < 1.29 is 4.74 Å².